The van der Waals surface area contributed by atoms with Gasteiger partial charge in [0.15, 0.2) is 0 Å². The number of nitrogens with zero attached hydrogens (tertiary/aromatic N) is 3. The second kappa shape index (κ2) is 17.0. The topological polar surface area (TPSA) is 176 Å². The number of hydrogen-bond donors (Lipinski definition) is 4. The summed E-state index contributed by atoms with van der Waals surface area (Å²) < 4.78 is 72.1. The van der Waals surface area contributed by atoms with Gasteiger partial charge in [-0.1, -0.05) is 24.3 Å². The predicted octanol–water partition coefficient (Wildman–Crippen LogP) is 5.09. The maximum atomic E-state index is 15.5. The maximum absolute atomic E-state index is 15.5. The van der Waals surface area contributed by atoms with Crippen LogP contribution in [-0.2, 0) is 32.2 Å². The normalized spacial score (nSPS) is 16.3. The van der Waals surface area contributed by atoms with Gasteiger partial charge in [0, 0.05) is 36.1 Å². The van der Waals surface area contributed by atoms with Crippen molar-refractivity contribution in [1.82, 2.24) is 21.0 Å². The van der Waals surface area contributed by atoms with Crippen molar-refractivity contribution in [3.05, 3.63) is 107 Å². The van der Waals surface area contributed by atoms with Gasteiger partial charge in [-0.15, -0.1) is 0 Å². The van der Waals surface area contributed by atoms with Crippen molar-refractivity contribution in [3.8, 4) is 22.3 Å². The van der Waals surface area contributed by atoms with Gasteiger partial charge >= 0.3 is 18.2 Å². The van der Waals surface area contributed by atoms with E-state index < -0.39 is 53.7 Å². The molecule has 0 aliphatic carbocycles. The first-order valence-corrected chi connectivity index (χ1v) is 17.6. The molecule has 6 amide bonds. The van der Waals surface area contributed by atoms with Crippen LogP contribution in [0.1, 0.15) is 25.0 Å². The van der Waals surface area contributed by atoms with Crippen LogP contribution < -0.4 is 31.7 Å². The molecule has 6 rings (SSSR count). The number of nitrogens with two attached hydrogens (primary N) is 1. The molecule has 2 heterocycles. The van der Waals surface area contributed by atoms with Crippen LogP contribution in [0.3, 0.4) is 0 Å². The molecule has 0 spiro atoms. The van der Waals surface area contributed by atoms with E-state index in [-0.39, 0.29) is 95.8 Å². The first-order chi connectivity index (χ1) is 27.2. The summed E-state index contributed by atoms with van der Waals surface area (Å²) in [5.41, 5.74) is 2.77. The lowest BCUT2D eigenvalue weighted by Gasteiger charge is -2.23. The Labute approximate surface area is 323 Å². The minimum absolute atomic E-state index is 0.00640. The Morgan fingerprint density at radius 3 is 1.44 bits per heavy atom. The van der Waals surface area contributed by atoms with E-state index in [2.05, 4.69) is 10.6 Å². The van der Waals surface area contributed by atoms with Crippen molar-refractivity contribution in [2.24, 2.45) is 5.84 Å². The molecule has 4 aromatic carbocycles. The molecule has 4 aromatic rings. The highest BCUT2D eigenvalue weighted by atomic mass is 19.1. The van der Waals surface area contributed by atoms with Gasteiger partial charge in [0.2, 0.25) is 11.8 Å². The molecule has 5 N–H and O–H groups in total. The lowest BCUT2D eigenvalue weighted by Crippen LogP contribution is -2.42. The van der Waals surface area contributed by atoms with Crippen molar-refractivity contribution in [1.29, 1.82) is 0 Å². The third-order valence-electron chi connectivity index (χ3n) is 9.30. The van der Waals surface area contributed by atoms with E-state index in [1.165, 1.54) is 72.2 Å². The minimum Gasteiger partial charge on any atom is -0.442 e. The van der Waals surface area contributed by atoms with Gasteiger partial charge in [0.05, 0.1) is 50.6 Å². The number of hydrazine groups is 1. The van der Waals surface area contributed by atoms with E-state index in [4.69, 9.17) is 15.3 Å². The third kappa shape index (κ3) is 9.24. The van der Waals surface area contributed by atoms with Gasteiger partial charge in [0.1, 0.15) is 35.5 Å². The Bertz CT molecular complexity index is 2100. The first kappa shape index (κ1) is 40.0. The van der Waals surface area contributed by atoms with Crippen LogP contribution in [0.4, 0.5) is 43.3 Å². The van der Waals surface area contributed by atoms with E-state index in [1.807, 2.05) is 5.43 Å². The number of benzene rings is 4. The summed E-state index contributed by atoms with van der Waals surface area (Å²) in [6.45, 7) is 2.28. The van der Waals surface area contributed by atoms with Gasteiger partial charge in [-0.3, -0.25) is 24.8 Å². The fourth-order valence-corrected chi connectivity index (χ4v) is 6.39. The number of cyclic esters (lactones) is 2. The summed E-state index contributed by atoms with van der Waals surface area (Å²) in [5, 5.41) is 5.12. The molecule has 2 saturated heterocycles. The van der Waals surface area contributed by atoms with E-state index in [0.717, 1.165) is 29.2 Å². The SMILES string of the molecule is CC(=O)NC[C@H]1CN(c2ccc(-c3ccc(CN(Cc4ccc(-c5ccc(N6C[C@H](CNC(C)=O)OC6=O)cc5F)cc4F)C(=O)NN)c(F)c3)c(F)c2)C(=O)O1. The molecule has 2 aliphatic heterocycles. The van der Waals surface area contributed by atoms with Crippen molar-refractivity contribution >= 4 is 41.4 Å². The first-order valence-electron chi connectivity index (χ1n) is 17.6. The monoisotopic (exact) mass is 791 g/mol. The Kier molecular flexibility index (Phi) is 11.9. The number of rotatable bonds is 12. The van der Waals surface area contributed by atoms with Crippen LogP contribution >= 0.6 is 0 Å². The third-order valence-corrected chi connectivity index (χ3v) is 9.30. The molecule has 0 bridgehead atoms. The summed E-state index contributed by atoms with van der Waals surface area (Å²) in [6, 6.07) is 14.8. The number of halogens is 4. The van der Waals surface area contributed by atoms with E-state index in [9.17, 15) is 24.0 Å². The maximum Gasteiger partial charge on any atom is 0.414 e. The van der Waals surface area contributed by atoms with Crippen molar-refractivity contribution in [2.75, 3.05) is 36.0 Å². The number of hydrogen-bond acceptors (Lipinski definition) is 8. The van der Waals surface area contributed by atoms with E-state index in [0.29, 0.717) is 0 Å². The zero-order chi connectivity index (χ0) is 41.0. The molecule has 0 radical (unpaired) electrons. The molecule has 298 valence electrons. The highest BCUT2D eigenvalue weighted by molar-refractivity contribution is 5.91. The average Bonchev–Trinajstić information content (AvgIpc) is 3.74. The molecule has 2 fully saturated rings. The number of carbonyl (C=O) groups excluding carboxylic acids is 5. The molecule has 0 saturated carbocycles. The summed E-state index contributed by atoms with van der Waals surface area (Å²) in [4.78, 5) is 63.4. The van der Waals surface area contributed by atoms with Crippen molar-refractivity contribution < 1.29 is 51.0 Å². The molecule has 0 aromatic heterocycles. The van der Waals surface area contributed by atoms with Gasteiger partial charge in [0.25, 0.3) is 0 Å². The van der Waals surface area contributed by atoms with Crippen LogP contribution in [0.25, 0.3) is 22.3 Å². The zero-order valence-corrected chi connectivity index (χ0v) is 30.6. The van der Waals surface area contributed by atoms with Crippen LogP contribution in [0.2, 0.25) is 0 Å². The number of ether oxygens (including phenoxy) is 2. The summed E-state index contributed by atoms with van der Waals surface area (Å²) in [7, 11) is 0. The van der Waals surface area contributed by atoms with Crippen LogP contribution in [0.5, 0.6) is 0 Å². The second-order valence-electron chi connectivity index (χ2n) is 13.4. The predicted molar refractivity (Wildman–Crippen MR) is 198 cm³/mol. The summed E-state index contributed by atoms with van der Waals surface area (Å²) in [6.07, 6.45) is -2.67. The molecule has 14 nitrogen and oxygen atoms in total. The molecule has 2 aliphatic rings. The lowest BCUT2D eigenvalue weighted by atomic mass is 10.0. The molecule has 18 heteroatoms. The Balaban J connectivity index is 1.13. The molecule has 0 unspecified atom stereocenters. The summed E-state index contributed by atoms with van der Waals surface area (Å²) >= 11 is 0. The Morgan fingerprint density at radius 1 is 0.667 bits per heavy atom. The largest absolute Gasteiger partial charge is 0.442 e. The van der Waals surface area contributed by atoms with Gasteiger partial charge in [-0.25, -0.2) is 37.8 Å². The fourth-order valence-electron chi connectivity index (χ4n) is 6.39. The fraction of sp³-hybridized carbons (Fsp3) is 0.256. The average molecular weight is 792 g/mol. The minimum atomic E-state index is -0.857. The number of carbonyl (C=O) groups is 5. The summed E-state index contributed by atoms with van der Waals surface area (Å²) in [5.74, 6) is 1.71. The van der Waals surface area contributed by atoms with E-state index >= 15 is 17.6 Å². The molecule has 2 atom stereocenters. The smallest absolute Gasteiger partial charge is 0.414 e. The standard InChI is InChI=1S/C39H37F4N7O7/c1-21(51)45-15-29-19-49(38(54)56-29)27-7-9-31(35(42)13-27)23-3-5-25(33(40)11-23)17-48(37(53)47-44)18-26-6-4-24(12-34(26)41)32-10-8-28(14-36(32)43)50-20-30(57-39(50)55)16-46-22(2)52/h3-14,29-30H,15-20,44H2,1-2H3,(H,45,51)(H,46,52)(H,47,53)/t29-,30-/m0/s1. The van der Waals surface area contributed by atoms with Gasteiger partial charge < -0.3 is 25.0 Å². The highest BCUT2D eigenvalue weighted by Crippen LogP contribution is 2.32. The molecular formula is C39H37F4N7O7. The molecule has 57 heavy (non-hydrogen) atoms. The van der Waals surface area contributed by atoms with Crippen LogP contribution in [-0.4, -0.2) is 73.3 Å². The lowest BCUT2D eigenvalue weighted by molar-refractivity contribution is -0.120. The number of urea groups is 1. The Morgan fingerprint density at radius 2 is 1.09 bits per heavy atom. The van der Waals surface area contributed by atoms with Gasteiger partial charge in [-0.05, 0) is 59.7 Å². The second-order valence-corrected chi connectivity index (χ2v) is 13.4. The van der Waals surface area contributed by atoms with E-state index in [1.54, 1.807) is 0 Å². The zero-order valence-electron chi connectivity index (χ0n) is 30.6. The van der Waals surface area contributed by atoms with Crippen molar-refractivity contribution in [3.63, 3.8) is 0 Å². The van der Waals surface area contributed by atoms with Crippen LogP contribution in [0, 0.1) is 23.3 Å². The van der Waals surface area contributed by atoms with Crippen molar-refractivity contribution in [2.45, 2.75) is 39.1 Å². The number of amides is 6. The highest BCUT2D eigenvalue weighted by Gasteiger charge is 2.34. The Hall–Kier alpha value is -6.69. The number of anilines is 2. The quantitative estimate of drug-likeness (QED) is 0.0665. The van der Waals surface area contributed by atoms with Crippen LogP contribution in [0.15, 0.2) is 72.8 Å². The molecular weight excluding hydrogens is 754 g/mol. The van der Waals surface area contributed by atoms with Gasteiger partial charge in [-0.2, -0.15) is 0 Å². The number of nitrogens with one attached hydrogen (secondary N) is 3.